The molecule has 2 fully saturated rings. The van der Waals surface area contributed by atoms with E-state index in [9.17, 15) is 14.0 Å². The van der Waals surface area contributed by atoms with Crippen LogP contribution in [0, 0.1) is 11.7 Å². The molecule has 2 aliphatic heterocycles. The minimum Gasteiger partial charge on any atom is -0.342 e. The highest BCUT2D eigenvalue weighted by Gasteiger charge is 2.26. The van der Waals surface area contributed by atoms with Crippen molar-refractivity contribution in [3.63, 3.8) is 0 Å². The van der Waals surface area contributed by atoms with Crippen LogP contribution in [-0.2, 0) is 11.2 Å². The fourth-order valence-corrected chi connectivity index (χ4v) is 5.19. The number of carbonyl (C=O) groups is 2. The Morgan fingerprint density at radius 3 is 2.47 bits per heavy atom. The van der Waals surface area contributed by atoms with Crippen molar-refractivity contribution in [3.8, 4) is 0 Å². The monoisotopic (exact) mass is 462 g/mol. The van der Waals surface area contributed by atoms with E-state index < -0.39 is 0 Å². The first-order chi connectivity index (χ1) is 16.5. The van der Waals surface area contributed by atoms with Crippen LogP contribution in [0.2, 0.25) is 0 Å². The standard InChI is InChI=1S/C27H31FN4O2/c1-19-5-10-31(11-6-19)27(34)24-18-29-32-14-9-22(17-25(24)32)21-7-12-30(13-8-21)26(33)16-20-3-2-4-23(28)15-20/h2-4,9,14-15,17-19,21H,5-8,10-13,16H2,1H3. The molecule has 2 aliphatic rings. The third kappa shape index (κ3) is 4.69. The Bertz CT molecular complexity index is 1190. The number of amides is 2. The van der Waals surface area contributed by atoms with Gasteiger partial charge in [-0.1, -0.05) is 19.1 Å². The average Bonchev–Trinajstić information content (AvgIpc) is 3.27. The lowest BCUT2D eigenvalue weighted by Crippen LogP contribution is -2.38. The number of nitrogens with zero attached hydrogens (tertiary/aromatic N) is 4. The summed E-state index contributed by atoms with van der Waals surface area (Å²) in [6.07, 6.45) is 7.68. The van der Waals surface area contributed by atoms with Gasteiger partial charge in [0.2, 0.25) is 5.91 Å². The van der Waals surface area contributed by atoms with Crippen molar-refractivity contribution in [2.45, 2.75) is 44.9 Å². The molecule has 1 aromatic carbocycles. The van der Waals surface area contributed by atoms with Crippen molar-refractivity contribution in [1.82, 2.24) is 19.4 Å². The number of benzene rings is 1. The second kappa shape index (κ2) is 9.57. The van der Waals surface area contributed by atoms with Crippen molar-refractivity contribution < 1.29 is 14.0 Å². The summed E-state index contributed by atoms with van der Waals surface area (Å²) in [6, 6.07) is 10.4. The molecule has 0 spiro atoms. The minimum atomic E-state index is -0.313. The van der Waals surface area contributed by atoms with Gasteiger partial charge in [-0.25, -0.2) is 8.91 Å². The highest BCUT2D eigenvalue weighted by atomic mass is 19.1. The molecule has 5 rings (SSSR count). The van der Waals surface area contributed by atoms with Crippen LogP contribution in [0.25, 0.3) is 5.52 Å². The zero-order chi connectivity index (χ0) is 23.7. The van der Waals surface area contributed by atoms with E-state index in [1.165, 1.54) is 17.7 Å². The van der Waals surface area contributed by atoms with Crippen molar-refractivity contribution in [1.29, 1.82) is 0 Å². The van der Waals surface area contributed by atoms with Gasteiger partial charge in [0.1, 0.15) is 5.82 Å². The molecule has 4 heterocycles. The van der Waals surface area contributed by atoms with Gasteiger partial charge in [0.25, 0.3) is 5.91 Å². The number of likely N-dealkylation sites (tertiary alicyclic amines) is 2. The first-order valence-corrected chi connectivity index (χ1v) is 12.3. The van der Waals surface area contributed by atoms with Crippen molar-refractivity contribution >= 4 is 17.3 Å². The Morgan fingerprint density at radius 2 is 1.74 bits per heavy atom. The summed E-state index contributed by atoms with van der Waals surface area (Å²) in [4.78, 5) is 29.7. The molecule has 7 heteroatoms. The van der Waals surface area contributed by atoms with Crippen LogP contribution in [-0.4, -0.2) is 57.4 Å². The molecule has 0 saturated carbocycles. The Kier molecular flexibility index (Phi) is 6.35. The molecule has 0 radical (unpaired) electrons. The summed E-state index contributed by atoms with van der Waals surface area (Å²) in [5.74, 6) is 0.797. The molecule has 2 saturated heterocycles. The maximum atomic E-state index is 13.4. The first-order valence-electron chi connectivity index (χ1n) is 12.3. The van der Waals surface area contributed by atoms with E-state index >= 15 is 0 Å². The van der Waals surface area contributed by atoms with Gasteiger partial charge in [-0.2, -0.15) is 5.10 Å². The van der Waals surface area contributed by atoms with Gasteiger partial charge in [0.15, 0.2) is 0 Å². The van der Waals surface area contributed by atoms with Crippen LogP contribution in [0.3, 0.4) is 0 Å². The molecular weight excluding hydrogens is 431 g/mol. The van der Waals surface area contributed by atoms with Gasteiger partial charge in [0, 0.05) is 32.4 Å². The topological polar surface area (TPSA) is 57.9 Å². The highest BCUT2D eigenvalue weighted by Crippen LogP contribution is 2.30. The Morgan fingerprint density at radius 1 is 1.00 bits per heavy atom. The smallest absolute Gasteiger partial charge is 0.257 e. The summed E-state index contributed by atoms with van der Waals surface area (Å²) >= 11 is 0. The van der Waals surface area contributed by atoms with Crippen LogP contribution in [0.15, 0.2) is 48.8 Å². The maximum Gasteiger partial charge on any atom is 0.257 e. The summed E-state index contributed by atoms with van der Waals surface area (Å²) < 4.78 is 15.2. The van der Waals surface area contributed by atoms with Gasteiger partial charge < -0.3 is 9.80 Å². The quantitative estimate of drug-likeness (QED) is 0.581. The van der Waals surface area contributed by atoms with E-state index in [0.717, 1.165) is 44.3 Å². The summed E-state index contributed by atoms with van der Waals surface area (Å²) in [5, 5.41) is 4.41. The predicted molar refractivity (Wildman–Crippen MR) is 128 cm³/mol. The second-order valence-corrected chi connectivity index (χ2v) is 9.78. The van der Waals surface area contributed by atoms with Crippen LogP contribution in [0.5, 0.6) is 0 Å². The lowest BCUT2D eigenvalue weighted by atomic mass is 9.89. The van der Waals surface area contributed by atoms with Crippen LogP contribution >= 0.6 is 0 Å². The summed E-state index contributed by atoms with van der Waals surface area (Å²) in [6.45, 7) is 5.21. The molecule has 0 N–H and O–H groups in total. The van der Waals surface area contributed by atoms with E-state index in [-0.39, 0.29) is 24.1 Å². The third-order valence-electron chi connectivity index (χ3n) is 7.41. The molecule has 0 bridgehead atoms. The van der Waals surface area contributed by atoms with Crippen molar-refractivity contribution in [3.05, 3.63) is 71.3 Å². The molecule has 0 atom stereocenters. The van der Waals surface area contributed by atoms with Crippen LogP contribution in [0.1, 0.15) is 60.0 Å². The number of fused-ring (bicyclic) bond motifs is 1. The average molecular weight is 463 g/mol. The number of carbonyl (C=O) groups excluding carboxylic acids is 2. The minimum absolute atomic E-state index is 0.0408. The second-order valence-electron chi connectivity index (χ2n) is 9.78. The lowest BCUT2D eigenvalue weighted by Gasteiger charge is -2.32. The molecular formula is C27H31FN4O2. The van der Waals surface area contributed by atoms with Crippen molar-refractivity contribution in [2.24, 2.45) is 5.92 Å². The Hall–Kier alpha value is -3.22. The van der Waals surface area contributed by atoms with E-state index in [1.807, 2.05) is 16.0 Å². The van der Waals surface area contributed by atoms with Gasteiger partial charge in [-0.3, -0.25) is 9.59 Å². The summed E-state index contributed by atoms with van der Waals surface area (Å²) in [5.41, 5.74) is 3.41. The largest absolute Gasteiger partial charge is 0.342 e. The third-order valence-corrected chi connectivity index (χ3v) is 7.41. The number of aromatic nitrogens is 2. The molecule has 2 amide bonds. The molecule has 0 unspecified atom stereocenters. The number of rotatable bonds is 4. The van der Waals surface area contributed by atoms with Gasteiger partial charge in [-0.05, 0) is 72.9 Å². The van der Waals surface area contributed by atoms with Gasteiger partial charge >= 0.3 is 0 Å². The van der Waals surface area contributed by atoms with E-state index in [1.54, 1.807) is 22.8 Å². The fraction of sp³-hybridized carbons (Fsp3) is 0.444. The number of piperidine rings is 2. The number of hydrogen-bond donors (Lipinski definition) is 0. The number of halogens is 1. The fourth-order valence-electron chi connectivity index (χ4n) is 5.19. The summed E-state index contributed by atoms with van der Waals surface area (Å²) in [7, 11) is 0. The molecule has 34 heavy (non-hydrogen) atoms. The lowest BCUT2D eigenvalue weighted by molar-refractivity contribution is -0.131. The van der Waals surface area contributed by atoms with E-state index in [4.69, 9.17) is 0 Å². The van der Waals surface area contributed by atoms with Crippen LogP contribution in [0.4, 0.5) is 4.39 Å². The Labute approximate surface area is 199 Å². The van der Waals surface area contributed by atoms with Crippen LogP contribution < -0.4 is 0 Å². The molecule has 3 aromatic rings. The molecule has 178 valence electrons. The van der Waals surface area contributed by atoms with E-state index in [2.05, 4.69) is 24.2 Å². The van der Waals surface area contributed by atoms with Gasteiger partial charge in [-0.15, -0.1) is 0 Å². The molecule has 6 nitrogen and oxygen atoms in total. The normalized spacial score (nSPS) is 17.9. The SMILES string of the molecule is CC1CCN(C(=O)c2cnn3ccc(C4CCN(C(=O)Cc5cccc(F)c5)CC4)cc23)CC1. The first kappa shape index (κ1) is 22.6. The number of pyridine rings is 1. The maximum absolute atomic E-state index is 13.4. The van der Waals surface area contributed by atoms with Crippen molar-refractivity contribution in [2.75, 3.05) is 26.2 Å². The predicted octanol–water partition coefficient (Wildman–Crippen LogP) is 4.29. The molecule has 0 aliphatic carbocycles. The Balaban J connectivity index is 1.25. The highest BCUT2D eigenvalue weighted by molar-refractivity contribution is 6.00. The van der Waals surface area contributed by atoms with Gasteiger partial charge in [0.05, 0.1) is 23.7 Å². The number of hydrogen-bond acceptors (Lipinski definition) is 3. The molecule has 2 aromatic heterocycles. The zero-order valence-corrected chi connectivity index (χ0v) is 19.6. The zero-order valence-electron chi connectivity index (χ0n) is 19.6. The van der Waals surface area contributed by atoms with E-state index in [0.29, 0.717) is 36.1 Å².